The quantitative estimate of drug-likeness (QED) is 0.199. The highest BCUT2D eigenvalue weighted by molar-refractivity contribution is 7.79. The smallest absolute Gasteiger partial charge is 0.280 e. The predicted octanol–water partition coefficient (Wildman–Crippen LogP) is -3.09. The lowest BCUT2D eigenvalue weighted by atomic mass is 9.80. The molecule has 0 radical (unpaired) electrons. The fourth-order valence-corrected chi connectivity index (χ4v) is 4.19. The Morgan fingerprint density at radius 1 is 1.10 bits per heavy atom. The average molecular weight is 470 g/mol. The van der Waals surface area contributed by atoms with E-state index < -0.39 is 64.8 Å². The number of rotatable bonds is 5. The Kier molecular flexibility index (Phi) is 8.91. The van der Waals surface area contributed by atoms with Crippen molar-refractivity contribution >= 4 is 16.2 Å². The van der Waals surface area contributed by atoms with Gasteiger partial charge < -0.3 is 49.3 Å². The fourth-order valence-electron chi connectivity index (χ4n) is 4.19. The van der Waals surface area contributed by atoms with E-state index in [0.29, 0.717) is 6.42 Å². The summed E-state index contributed by atoms with van der Waals surface area (Å²) >= 11 is 0. The Morgan fingerprint density at radius 3 is 2.19 bits per heavy atom. The molecule has 0 aromatic carbocycles. The van der Waals surface area contributed by atoms with Crippen molar-refractivity contribution in [3.8, 4) is 0 Å². The highest BCUT2D eigenvalue weighted by Gasteiger charge is 2.63. The molecule has 3 fully saturated rings. The van der Waals surface area contributed by atoms with Crippen LogP contribution >= 0.6 is 0 Å². The molecule has 182 valence electrons. The molecule has 2 heterocycles. The highest BCUT2D eigenvalue weighted by atomic mass is 32.3. The molecule has 31 heavy (non-hydrogen) atoms. The third-order valence-electron chi connectivity index (χ3n) is 5.71. The molecule has 3 rings (SSSR count). The lowest BCUT2D eigenvalue weighted by Gasteiger charge is -2.55. The number of Topliss-reactive ketones (excluding diaryl/α,β-unsaturated/α-hetero) is 1. The van der Waals surface area contributed by atoms with Crippen LogP contribution in [0.15, 0.2) is 0 Å². The minimum Gasteiger partial charge on any atom is -0.759 e. The summed E-state index contributed by atoms with van der Waals surface area (Å²) in [5.74, 6) is -2.73. The number of nitrogens with one attached hydrogen (secondary N) is 2. The number of likely N-dealkylation sites (N-methyl/N-ethyl adjacent to an activating group) is 2. The predicted molar refractivity (Wildman–Crippen MR) is 101 cm³/mol. The van der Waals surface area contributed by atoms with Gasteiger partial charge in [-0.3, -0.25) is 13.2 Å². The molecule has 5 N–H and O–H groups in total. The Bertz CT molecular complexity index is 715. The molecule has 1 aliphatic carbocycles. The van der Waals surface area contributed by atoms with Crippen LogP contribution in [0.1, 0.15) is 32.6 Å². The van der Waals surface area contributed by atoms with Crippen LogP contribution < -0.4 is 10.6 Å². The zero-order chi connectivity index (χ0) is 23.6. The van der Waals surface area contributed by atoms with Gasteiger partial charge in [0.25, 0.3) is 5.79 Å². The van der Waals surface area contributed by atoms with Crippen molar-refractivity contribution in [1.29, 1.82) is 0 Å². The normalized spacial score (nSPS) is 42.8. The Morgan fingerprint density at radius 2 is 1.68 bits per heavy atom. The summed E-state index contributed by atoms with van der Waals surface area (Å²) in [6, 6.07) is -1.30. The summed E-state index contributed by atoms with van der Waals surface area (Å²) in [7, 11) is -1.90. The second-order valence-corrected chi connectivity index (χ2v) is 8.57. The highest BCUT2D eigenvalue weighted by Crippen LogP contribution is 2.40. The van der Waals surface area contributed by atoms with Crippen molar-refractivity contribution in [2.75, 3.05) is 14.1 Å². The number of aliphatic hydroxyl groups excluding tert-OH is 2. The molecule has 2 saturated heterocycles. The first-order valence-corrected chi connectivity index (χ1v) is 11.3. The van der Waals surface area contributed by atoms with Crippen molar-refractivity contribution in [2.24, 2.45) is 0 Å². The van der Waals surface area contributed by atoms with Crippen molar-refractivity contribution in [2.45, 2.75) is 87.3 Å². The maximum atomic E-state index is 12.6. The van der Waals surface area contributed by atoms with Crippen LogP contribution in [0.4, 0.5) is 0 Å². The second-order valence-electron chi connectivity index (χ2n) is 7.76. The first kappa shape index (κ1) is 26.5. The van der Waals surface area contributed by atoms with Crippen LogP contribution in [0.3, 0.4) is 0 Å². The van der Waals surface area contributed by atoms with E-state index in [-0.39, 0.29) is 12.5 Å². The van der Waals surface area contributed by atoms with Crippen LogP contribution in [0.2, 0.25) is 0 Å². The van der Waals surface area contributed by atoms with Gasteiger partial charge in [-0.2, -0.15) is 0 Å². The standard InChI is InChI=1S/C17H30N2O7.H2O4S/c1-4-5-6-8-7-9(20)17(23)16(24-8)25-15-13(22)10(18-2)12(21)11(19-3)14(15)26-17;1-5(2,3)4/h8,10-16,18-19,21-23H,4-7H2,1-3H3;(H2,1,2,3,4)/p-2/t8-,10-,11+,12+,13+,14-,15-,16+,17+;/m1./s1. The summed E-state index contributed by atoms with van der Waals surface area (Å²) in [5.41, 5.74) is 0. The fraction of sp³-hybridized carbons (Fsp3) is 0.941. The monoisotopic (exact) mass is 470 g/mol. The number of carbonyl (C=O) groups excluding carboxylic acids is 1. The van der Waals surface area contributed by atoms with Crippen molar-refractivity contribution in [3.05, 3.63) is 0 Å². The Balaban J connectivity index is 0.000000614. The van der Waals surface area contributed by atoms with Crippen molar-refractivity contribution in [3.63, 3.8) is 0 Å². The van der Waals surface area contributed by atoms with Gasteiger partial charge in [0.2, 0.25) is 6.29 Å². The van der Waals surface area contributed by atoms with E-state index >= 15 is 0 Å². The summed E-state index contributed by atoms with van der Waals surface area (Å²) in [6.45, 7) is 2.05. The van der Waals surface area contributed by atoms with E-state index in [0.717, 1.165) is 12.8 Å². The van der Waals surface area contributed by atoms with Gasteiger partial charge in [-0.05, 0) is 20.5 Å². The minimum absolute atomic E-state index is 0.0439. The van der Waals surface area contributed by atoms with Crippen LogP contribution in [0.25, 0.3) is 0 Å². The van der Waals surface area contributed by atoms with Crippen LogP contribution in [-0.4, -0.2) is 107 Å². The molecule has 0 unspecified atom stereocenters. The van der Waals surface area contributed by atoms with Gasteiger partial charge >= 0.3 is 0 Å². The van der Waals surface area contributed by atoms with Crippen LogP contribution in [0.5, 0.6) is 0 Å². The zero-order valence-electron chi connectivity index (χ0n) is 17.5. The largest absolute Gasteiger partial charge is 0.759 e. The molecule has 0 aromatic rings. The number of hydrogen-bond donors (Lipinski definition) is 5. The van der Waals surface area contributed by atoms with Gasteiger partial charge in [-0.25, -0.2) is 0 Å². The third kappa shape index (κ3) is 5.97. The van der Waals surface area contributed by atoms with E-state index in [1.54, 1.807) is 14.1 Å². The van der Waals surface area contributed by atoms with E-state index in [1.807, 2.05) is 6.92 Å². The number of ether oxygens (including phenoxy) is 3. The Labute approximate surface area is 180 Å². The zero-order valence-corrected chi connectivity index (χ0v) is 18.3. The molecule has 3 aliphatic rings. The average Bonchev–Trinajstić information content (AvgIpc) is 2.66. The van der Waals surface area contributed by atoms with Gasteiger partial charge in [0, 0.05) is 16.8 Å². The Hall–Kier alpha value is -0.780. The third-order valence-corrected chi connectivity index (χ3v) is 5.71. The lowest BCUT2D eigenvalue weighted by Crippen LogP contribution is -2.77. The number of ketones is 1. The molecule has 0 bridgehead atoms. The van der Waals surface area contributed by atoms with Gasteiger partial charge in [-0.15, -0.1) is 0 Å². The molecule has 0 amide bonds. The van der Waals surface area contributed by atoms with E-state index in [2.05, 4.69) is 10.6 Å². The molecule has 14 heteroatoms. The number of hydrogen-bond acceptors (Lipinski definition) is 13. The minimum atomic E-state index is -5.17. The van der Waals surface area contributed by atoms with E-state index in [4.69, 9.17) is 31.7 Å². The molecule has 0 aromatic heterocycles. The van der Waals surface area contributed by atoms with E-state index in [9.17, 15) is 20.1 Å². The van der Waals surface area contributed by atoms with Crippen LogP contribution in [-0.2, 0) is 29.4 Å². The molecular formula is C17H30N2O11S-2. The molecule has 2 aliphatic heterocycles. The van der Waals surface area contributed by atoms with Gasteiger partial charge in [0.15, 0.2) is 5.78 Å². The van der Waals surface area contributed by atoms with Gasteiger partial charge in [0.1, 0.15) is 18.3 Å². The topological polar surface area (TPSA) is 210 Å². The lowest BCUT2D eigenvalue weighted by molar-refractivity contribution is -0.421. The first-order valence-electron chi connectivity index (χ1n) is 9.99. The van der Waals surface area contributed by atoms with Crippen LogP contribution in [0, 0.1) is 0 Å². The molecule has 1 saturated carbocycles. The molecule has 13 nitrogen and oxygen atoms in total. The maximum absolute atomic E-state index is 12.6. The summed E-state index contributed by atoms with van der Waals surface area (Å²) in [4.78, 5) is 12.6. The summed E-state index contributed by atoms with van der Waals surface area (Å²) in [5, 5.41) is 37.8. The first-order chi connectivity index (χ1) is 14.4. The van der Waals surface area contributed by atoms with Gasteiger partial charge in [-0.1, -0.05) is 19.8 Å². The summed E-state index contributed by atoms with van der Waals surface area (Å²) in [6.07, 6.45) is -2.92. The number of aliphatic hydroxyl groups is 3. The molecule has 0 spiro atoms. The summed E-state index contributed by atoms with van der Waals surface area (Å²) < 4.78 is 51.5. The van der Waals surface area contributed by atoms with Crippen molar-refractivity contribution < 1.29 is 51.8 Å². The number of unbranched alkanes of at least 4 members (excludes halogenated alkanes) is 1. The second kappa shape index (κ2) is 10.4. The van der Waals surface area contributed by atoms with E-state index in [1.165, 1.54) is 0 Å². The van der Waals surface area contributed by atoms with Gasteiger partial charge in [0.05, 0.1) is 24.3 Å². The number of fused-ring (bicyclic) bond motifs is 2. The maximum Gasteiger partial charge on any atom is 0.280 e. The number of carbonyl (C=O) groups is 1. The molecule has 9 atom stereocenters. The molecular weight excluding hydrogens is 440 g/mol. The van der Waals surface area contributed by atoms with Crippen molar-refractivity contribution in [1.82, 2.24) is 10.6 Å². The SMILES string of the molecule is CCCC[C@@H]1CC(=O)[C@]2(O)O[C@@H]3[C@@H](NC)[C@@H](O)[C@@H](NC)[C@H](O)[C@H]3O[C@@H]2O1.O=S(=O)([O-])[O-].